The van der Waals surface area contributed by atoms with Crippen molar-refractivity contribution in [2.75, 3.05) is 33.4 Å². The van der Waals surface area contributed by atoms with E-state index in [-0.39, 0.29) is 0 Å². The van der Waals surface area contributed by atoms with Crippen molar-refractivity contribution in [3.8, 4) is 17.6 Å². The van der Waals surface area contributed by atoms with Crippen molar-refractivity contribution in [3.05, 3.63) is 23.8 Å². The quantitative estimate of drug-likeness (QED) is 0.806. The molecule has 0 bridgehead atoms. The maximum absolute atomic E-state index is 8.65. The highest BCUT2D eigenvalue weighted by atomic mass is 16.5. The lowest BCUT2D eigenvalue weighted by Crippen LogP contribution is -2.33. The van der Waals surface area contributed by atoms with Gasteiger partial charge in [0.2, 0.25) is 0 Å². The first-order valence-corrected chi connectivity index (χ1v) is 7.68. The maximum Gasteiger partial charge on any atom is 0.161 e. The number of likely N-dealkylation sites (tertiary alicyclic amines) is 1. The standard InChI is InChI=1S/C17H24N2O2/c1-3-21-16-6-5-15(13-17(16)20-2)14-7-11-19(12-8-14)10-4-9-18/h5-6,13-14H,3-4,7-8,10-12H2,1-2H3. The van der Waals surface area contributed by atoms with Gasteiger partial charge in [-0.3, -0.25) is 0 Å². The SMILES string of the molecule is CCOc1ccc(C2CCN(CCC#N)CC2)cc1OC. The fraction of sp³-hybridized carbons (Fsp3) is 0.588. The molecule has 1 fully saturated rings. The molecule has 4 heteroatoms. The highest BCUT2D eigenvalue weighted by Gasteiger charge is 2.21. The van der Waals surface area contributed by atoms with E-state index in [0.717, 1.165) is 44.0 Å². The summed E-state index contributed by atoms with van der Waals surface area (Å²) < 4.78 is 11.0. The lowest BCUT2D eigenvalue weighted by atomic mass is 9.89. The van der Waals surface area contributed by atoms with Crippen molar-refractivity contribution in [1.82, 2.24) is 4.90 Å². The van der Waals surface area contributed by atoms with Crippen LogP contribution >= 0.6 is 0 Å². The van der Waals surface area contributed by atoms with Gasteiger partial charge in [0.25, 0.3) is 0 Å². The second-order valence-electron chi connectivity index (χ2n) is 5.37. The molecule has 4 nitrogen and oxygen atoms in total. The Morgan fingerprint density at radius 3 is 2.67 bits per heavy atom. The van der Waals surface area contributed by atoms with E-state index in [4.69, 9.17) is 14.7 Å². The van der Waals surface area contributed by atoms with Crippen molar-refractivity contribution < 1.29 is 9.47 Å². The van der Waals surface area contributed by atoms with Gasteiger partial charge in [-0.05, 0) is 56.5 Å². The first-order valence-electron chi connectivity index (χ1n) is 7.68. The zero-order chi connectivity index (χ0) is 15.1. The predicted octanol–water partition coefficient (Wildman–Crippen LogP) is 3.19. The summed E-state index contributed by atoms with van der Waals surface area (Å²) in [7, 11) is 1.69. The number of piperidine rings is 1. The molecule has 1 aromatic rings. The van der Waals surface area contributed by atoms with Crippen molar-refractivity contribution in [1.29, 1.82) is 5.26 Å². The minimum Gasteiger partial charge on any atom is -0.493 e. The van der Waals surface area contributed by atoms with Gasteiger partial charge in [0, 0.05) is 13.0 Å². The van der Waals surface area contributed by atoms with E-state index in [2.05, 4.69) is 23.1 Å². The second kappa shape index (κ2) is 7.90. The van der Waals surface area contributed by atoms with E-state index in [0.29, 0.717) is 18.9 Å². The Kier molecular flexibility index (Phi) is 5.89. The number of methoxy groups -OCH3 is 1. The number of rotatable bonds is 6. The maximum atomic E-state index is 8.65. The first kappa shape index (κ1) is 15.7. The summed E-state index contributed by atoms with van der Waals surface area (Å²) in [5, 5.41) is 8.65. The molecule has 114 valence electrons. The van der Waals surface area contributed by atoms with E-state index >= 15 is 0 Å². The summed E-state index contributed by atoms with van der Waals surface area (Å²) in [6, 6.07) is 8.50. The van der Waals surface area contributed by atoms with Gasteiger partial charge in [0.1, 0.15) is 0 Å². The van der Waals surface area contributed by atoms with Crippen molar-refractivity contribution in [2.45, 2.75) is 32.1 Å². The molecule has 2 rings (SSSR count). The van der Waals surface area contributed by atoms with Crippen LogP contribution in [0.2, 0.25) is 0 Å². The summed E-state index contributed by atoms with van der Waals surface area (Å²) in [5.74, 6) is 2.21. The molecule has 0 radical (unpaired) electrons. The molecular weight excluding hydrogens is 264 g/mol. The van der Waals surface area contributed by atoms with E-state index in [1.807, 2.05) is 13.0 Å². The van der Waals surface area contributed by atoms with Gasteiger partial charge in [0.05, 0.1) is 19.8 Å². The average molecular weight is 288 g/mol. The molecule has 0 saturated carbocycles. The molecule has 0 spiro atoms. The Morgan fingerprint density at radius 1 is 1.29 bits per heavy atom. The van der Waals surface area contributed by atoms with Crippen molar-refractivity contribution in [2.24, 2.45) is 0 Å². The summed E-state index contributed by atoms with van der Waals surface area (Å²) in [4.78, 5) is 2.38. The molecular formula is C17H24N2O2. The molecule has 1 aromatic carbocycles. The summed E-state index contributed by atoms with van der Waals surface area (Å²) in [6.45, 7) is 5.66. The van der Waals surface area contributed by atoms with Gasteiger partial charge >= 0.3 is 0 Å². The zero-order valence-corrected chi connectivity index (χ0v) is 13.0. The minimum absolute atomic E-state index is 0.577. The van der Waals surface area contributed by atoms with Crippen molar-refractivity contribution >= 4 is 0 Å². The number of hydrogen-bond acceptors (Lipinski definition) is 4. The summed E-state index contributed by atoms with van der Waals surface area (Å²) in [5.41, 5.74) is 1.33. The Hall–Kier alpha value is -1.73. The van der Waals surface area contributed by atoms with Crippen LogP contribution in [-0.2, 0) is 0 Å². The third-order valence-corrected chi connectivity index (χ3v) is 4.09. The topological polar surface area (TPSA) is 45.5 Å². The molecule has 0 amide bonds. The van der Waals surface area contributed by atoms with Crippen LogP contribution in [0.1, 0.15) is 37.7 Å². The molecule has 1 aliphatic rings. The predicted molar refractivity (Wildman–Crippen MR) is 82.8 cm³/mol. The third kappa shape index (κ3) is 4.12. The van der Waals surface area contributed by atoms with Gasteiger partial charge in [-0.1, -0.05) is 6.07 Å². The lowest BCUT2D eigenvalue weighted by Gasteiger charge is -2.31. The molecule has 0 aliphatic carbocycles. The summed E-state index contributed by atoms with van der Waals surface area (Å²) in [6.07, 6.45) is 2.91. The van der Waals surface area contributed by atoms with Gasteiger partial charge in [0.15, 0.2) is 11.5 Å². The number of benzene rings is 1. The Labute approximate surface area is 127 Å². The highest BCUT2D eigenvalue weighted by Crippen LogP contribution is 2.34. The molecule has 0 atom stereocenters. The first-order chi connectivity index (χ1) is 10.3. The van der Waals surface area contributed by atoms with Crippen LogP contribution in [0.3, 0.4) is 0 Å². The van der Waals surface area contributed by atoms with E-state index in [1.54, 1.807) is 7.11 Å². The van der Waals surface area contributed by atoms with E-state index in [1.165, 1.54) is 5.56 Å². The molecule has 0 unspecified atom stereocenters. The Morgan fingerprint density at radius 2 is 2.05 bits per heavy atom. The number of nitriles is 1. The summed E-state index contributed by atoms with van der Waals surface area (Å²) >= 11 is 0. The number of nitrogens with zero attached hydrogens (tertiary/aromatic N) is 2. The van der Waals surface area contributed by atoms with Crippen LogP contribution in [0.5, 0.6) is 11.5 Å². The van der Waals surface area contributed by atoms with Gasteiger partial charge in [-0.2, -0.15) is 5.26 Å². The Balaban J connectivity index is 1.98. The molecule has 21 heavy (non-hydrogen) atoms. The molecule has 0 N–H and O–H groups in total. The fourth-order valence-corrected chi connectivity index (χ4v) is 2.91. The van der Waals surface area contributed by atoms with Crippen LogP contribution in [0.4, 0.5) is 0 Å². The largest absolute Gasteiger partial charge is 0.493 e. The van der Waals surface area contributed by atoms with Gasteiger partial charge in [-0.15, -0.1) is 0 Å². The Bertz CT molecular complexity index is 488. The van der Waals surface area contributed by atoms with E-state index < -0.39 is 0 Å². The van der Waals surface area contributed by atoms with Crippen LogP contribution < -0.4 is 9.47 Å². The average Bonchev–Trinajstić information content (AvgIpc) is 2.54. The van der Waals surface area contributed by atoms with Crippen LogP contribution in [0.15, 0.2) is 18.2 Å². The zero-order valence-electron chi connectivity index (χ0n) is 13.0. The van der Waals surface area contributed by atoms with Crippen LogP contribution in [0, 0.1) is 11.3 Å². The lowest BCUT2D eigenvalue weighted by molar-refractivity contribution is 0.216. The number of ether oxygens (including phenoxy) is 2. The van der Waals surface area contributed by atoms with Gasteiger partial charge < -0.3 is 14.4 Å². The fourth-order valence-electron chi connectivity index (χ4n) is 2.91. The number of hydrogen-bond donors (Lipinski definition) is 0. The molecule has 1 saturated heterocycles. The molecule has 1 aliphatic heterocycles. The smallest absolute Gasteiger partial charge is 0.161 e. The van der Waals surface area contributed by atoms with Crippen molar-refractivity contribution in [3.63, 3.8) is 0 Å². The monoisotopic (exact) mass is 288 g/mol. The molecule has 0 aromatic heterocycles. The van der Waals surface area contributed by atoms with E-state index in [9.17, 15) is 0 Å². The van der Waals surface area contributed by atoms with Gasteiger partial charge in [-0.25, -0.2) is 0 Å². The molecule has 1 heterocycles. The highest BCUT2D eigenvalue weighted by molar-refractivity contribution is 5.44. The normalized spacial score (nSPS) is 16.4. The van der Waals surface area contributed by atoms with Crippen LogP contribution in [-0.4, -0.2) is 38.3 Å². The van der Waals surface area contributed by atoms with Crippen LogP contribution in [0.25, 0.3) is 0 Å². The second-order valence-corrected chi connectivity index (χ2v) is 5.37. The third-order valence-electron chi connectivity index (χ3n) is 4.09. The minimum atomic E-state index is 0.577.